The van der Waals surface area contributed by atoms with Crippen molar-refractivity contribution in [1.82, 2.24) is 4.98 Å². The molecule has 4 nitrogen and oxygen atoms in total. The zero-order valence-electron chi connectivity index (χ0n) is 13.8. The van der Waals surface area contributed by atoms with E-state index in [0.29, 0.717) is 11.3 Å². The summed E-state index contributed by atoms with van der Waals surface area (Å²) < 4.78 is 13.8. The lowest BCUT2D eigenvalue weighted by atomic mass is 10.2. The number of anilines is 1. The number of amides is 1. The van der Waals surface area contributed by atoms with Crippen LogP contribution >= 0.6 is 23.1 Å². The van der Waals surface area contributed by atoms with E-state index in [0.717, 1.165) is 15.6 Å². The van der Waals surface area contributed by atoms with Gasteiger partial charge in [-0.3, -0.25) is 4.79 Å². The molecule has 0 aliphatic heterocycles. The fourth-order valence-corrected chi connectivity index (χ4v) is 4.16. The highest BCUT2D eigenvalue weighted by atomic mass is 32.2. The smallest absolute Gasteiger partial charge is 0.237 e. The Hall–Kier alpha value is -2.69. The molecule has 3 aromatic rings. The average Bonchev–Trinajstić information content (AvgIpc) is 3.11. The number of benzene rings is 2. The van der Waals surface area contributed by atoms with Crippen LogP contribution in [0.2, 0.25) is 0 Å². The monoisotopic (exact) mass is 383 g/mol. The molecule has 1 heterocycles. The van der Waals surface area contributed by atoms with Gasteiger partial charge >= 0.3 is 0 Å². The van der Waals surface area contributed by atoms with E-state index in [9.17, 15) is 9.18 Å². The van der Waals surface area contributed by atoms with Crippen molar-refractivity contribution < 1.29 is 9.18 Å². The highest BCUT2D eigenvalue weighted by Crippen LogP contribution is 2.31. The number of para-hydroxylation sites is 1. The predicted octanol–water partition coefficient (Wildman–Crippen LogP) is 4.94. The van der Waals surface area contributed by atoms with Gasteiger partial charge in [0.15, 0.2) is 4.34 Å². The summed E-state index contributed by atoms with van der Waals surface area (Å²) in [4.78, 5) is 16.9. The van der Waals surface area contributed by atoms with Crippen LogP contribution in [0.4, 0.5) is 10.1 Å². The molecule has 0 fully saturated rings. The summed E-state index contributed by atoms with van der Waals surface area (Å²) >= 11 is 2.78. The van der Waals surface area contributed by atoms with Gasteiger partial charge < -0.3 is 5.32 Å². The van der Waals surface area contributed by atoms with Crippen LogP contribution < -0.4 is 5.32 Å². The lowest BCUT2D eigenvalue weighted by Crippen LogP contribution is -2.22. The summed E-state index contributed by atoms with van der Waals surface area (Å²) in [5, 5.41) is 13.4. The molecule has 1 atom stereocenters. The number of thiazole rings is 1. The second kappa shape index (κ2) is 8.13. The van der Waals surface area contributed by atoms with Crippen molar-refractivity contribution in [3.8, 4) is 17.3 Å². The Bertz CT molecular complexity index is 963. The molecule has 3 rings (SSSR count). The number of nitrogens with zero attached hydrogens (tertiary/aromatic N) is 2. The Morgan fingerprint density at radius 1 is 1.27 bits per heavy atom. The van der Waals surface area contributed by atoms with E-state index < -0.39 is 0 Å². The molecule has 7 heteroatoms. The molecule has 1 unspecified atom stereocenters. The van der Waals surface area contributed by atoms with Gasteiger partial charge in [0.05, 0.1) is 22.2 Å². The van der Waals surface area contributed by atoms with Gasteiger partial charge in [0, 0.05) is 10.9 Å². The number of hydrogen-bond donors (Lipinski definition) is 1. The minimum atomic E-state index is -0.381. The third-order valence-electron chi connectivity index (χ3n) is 3.58. The van der Waals surface area contributed by atoms with Crippen molar-refractivity contribution in [3.63, 3.8) is 0 Å². The van der Waals surface area contributed by atoms with Crippen molar-refractivity contribution in [2.24, 2.45) is 0 Å². The van der Waals surface area contributed by atoms with Crippen molar-refractivity contribution >= 4 is 34.7 Å². The Morgan fingerprint density at radius 2 is 2.00 bits per heavy atom. The first-order chi connectivity index (χ1) is 12.6. The SMILES string of the molecule is CC(Sc1nc(-c2ccc(F)cc2)cs1)C(=O)Nc1ccccc1C#N. The van der Waals surface area contributed by atoms with Gasteiger partial charge in [-0.1, -0.05) is 23.9 Å². The second-order valence-corrected chi connectivity index (χ2v) is 7.86. The van der Waals surface area contributed by atoms with Crippen molar-refractivity contribution in [2.45, 2.75) is 16.5 Å². The maximum absolute atomic E-state index is 13.0. The lowest BCUT2D eigenvalue weighted by Gasteiger charge is -2.11. The maximum atomic E-state index is 13.0. The fourth-order valence-electron chi connectivity index (χ4n) is 2.19. The number of carbonyl (C=O) groups excluding carboxylic acids is 1. The Labute approximate surface area is 158 Å². The number of thioether (sulfide) groups is 1. The molecule has 1 amide bonds. The zero-order valence-corrected chi connectivity index (χ0v) is 15.4. The molecule has 1 N–H and O–H groups in total. The number of halogens is 1. The molecule has 0 radical (unpaired) electrons. The molecule has 2 aromatic carbocycles. The standard InChI is InChI=1S/C19H14FN3OS2/c1-12(18(24)22-16-5-3-2-4-14(16)10-21)26-19-23-17(11-25-19)13-6-8-15(20)9-7-13/h2-9,11-12H,1H3,(H,22,24). The topological polar surface area (TPSA) is 65.8 Å². The highest BCUT2D eigenvalue weighted by Gasteiger charge is 2.18. The predicted molar refractivity (Wildman–Crippen MR) is 103 cm³/mol. The molecule has 130 valence electrons. The first-order valence-electron chi connectivity index (χ1n) is 7.75. The summed E-state index contributed by atoms with van der Waals surface area (Å²) in [5.41, 5.74) is 2.50. The van der Waals surface area contributed by atoms with Gasteiger partial charge in [0.2, 0.25) is 5.91 Å². The van der Waals surface area contributed by atoms with Crippen LogP contribution in [0, 0.1) is 17.1 Å². The van der Waals surface area contributed by atoms with Crippen LogP contribution in [0.25, 0.3) is 11.3 Å². The van der Waals surface area contributed by atoms with Gasteiger partial charge in [-0.2, -0.15) is 5.26 Å². The van der Waals surface area contributed by atoms with E-state index in [4.69, 9.17) is 5.26 Å². The molecule has 0 saturated carbocycles. The molecule has 1 aromatic heterocycles. The maximum Gasteiger partial charge on any atom is 0.237 e. The summed E-state index contributed by atoms with van der Waals surface area (Å²) in [6.45, 7) is 1.79. The Kier molecular flexibility index (Phi) is 5.66. The molecule has 0 aliphatic rings. The summed E-state index contributed by atoms with van der Waals surface area (Å²) in [7, 11) is 0. The summed E-state index contributed by atoms with van der Waals surface area (Å²) in [6.07, 6.45) is 0. The third kappa shape index (κ3) is 4.28. The summed E-state index contributed by atoms with van der Waals surface area (Å²) in [5.74, 6) is -0.488. The van der Waals surface area contributed by atoms with E-state index in [-0.39, 0.29) is 17.0 Å². The molecule has 0 aliphatic carbocycles. The van der Waals surface area contributed by atoms with Gasteiger partial charge in [-0.15, -0.1) is 11.3 Å². The van der Waals surface area contributed by atoms with Crippen LogP contribution in [-0.4, -0.2) is 16.1 Å². The molecule has 0 spiro atoms. The van der Waals surface area contributed by atoms with Gasteiger partial charge in [0.1, 0.15) is 11.9 Å². The highest BCUT2D eigenvalue weighted by molar-refractivity contribution is 8.02. The fraction of sp³-hybridized carbons (Fsp3) is 0.105. The van der Waals surface area contributed by atoms with E-state index in [2.05, 4.69) is 16.4 Å². The number of rotatable bonds is 5. The van der Waals surface area contributed by atoms with E-state index in [1.54, 1.807) is 43.3 Å². The van der Waals surface area contributed by atoms with Gasteiger partial charge in [-0.05, 0) is 43.3 Å². The normalized spacial score (nSPS) is 11.6. The number of nitriles is 1. The quantitative estimate of drug-likeness (QED) is 0.634. The number of carbonyl (C=O) groups is 1. The Balaban J connectivity index is 1.66. The first kappa shape index (κ1) is 18.1. The van der Waals surface area contributed by atoms with Gasteiger partial charge in [-0.25, -0.2) is 9.37 Å². The Morgan fingerprint density at radius 3 is 2.73 bits per heavy atom. The number of aromatic nitrogens is 1. The van der Waals surface area contributed by atoms with Crippen LogP contribution in [0.3, 0.4) is 0 Å². The van der Waals surface area contributed by atoms with Crippen LogP contribution in [-0.2, 0) is 4.79 Å². The van der Waals surface area contributed by atoms with Crippen LogP contribution in [0.1, 0.15) is 12.5 Å². The lowest BCUT2D eigenvalue weighted by molar-refractivity contribution is -0.115. The molecular weight excluding hydrogens is 369 g/mol. The number of hydrogen-bond acceptors (Lipinski definition) is 5. The molecular formula is C19H14FN3OS2. The zero-order chi connectivity index (χ0) is 18.5. The van der Waals surface area contributed by atoms with Crippen molar-refractivity contribution in [2.75, 3.05) is 5.32 Å². The average molecular weight is 383 g/mol. The summed E-state index contributed by atoms with van der Waals surface area (Å²) in [6, 6.07) is 15.1. The first-order valence-corrected chi connectivity index (χ1v) is 9.51. The van der Waals surface area contributed by atoms with Crippen molar-refractivity contribution in [1.29, 1.82) is 5.26 Å². The van der Waals surface area contributed by atoms with Crippen LogP contribution in [0.5, 0.6) is 0 Å². The van der Waals surface area contributed by atoms with E-state index >= 15 is 0 Å². The molecule has 0 saturated heterocycles. The second-order valence-electron chi connectivity index (χ2n) is 5.41. The molecule has 26 heavy (non-hydrogen) atoms. The third-order valence-corrected chi connectivity index (χ3v) is 5.65. The minimum absolute atomic E-state index is 0.198. The van der Waals surface area contributed by atoms with Crippen LogP contribution in [0.15, 0.2) is 58.3 Å². The van der Waals surface area contributed by atoms with E-state index in [1.165, 1.54) is 35.2 Å². The van der Waals surface area contributed by atoms with Crippen molar-refractivity contribution in [3.05, 3.63) is 65.3 Å². The van der Waals surface area contributed by atoms with E-state index in [1.807, 2.05) is 5.38 Å². The minimum Gasteiger partial charge on any atom is -0.324 e. The largest absolute Gasteiger partial charge is 0.324 e. The molecule has 0 bridgehead atoms. The number of nitrogens with one attached hydrogen (secondary N) is 1. The van der Waals surface area contributed by atoms with Gasteiger partial charge in [0.25, 0.3) is 0 Å².